The van der Waals surface area contributed by atoms with Crippen LogP contribution in [0.15, 0.2) is 70.2 Å². The van der Waals surface area contributed by atoms with Gasteiger partial charge in [-0.25, -0.2) is 0 Å². The van der Waals surface area contributed by atoms with Gasteiger partial charge in [0.1, 0.15) is 5.58 Å². The Morgan fingerprint density at radius 3 is 2.60 bits per heavy atom. The van der Waals surface area contributed by atoms with Crippen LogP contribution >= 0.6 is 11.8 Å². The van der Waals surface area contributed by atoms with Crippen LogP contribution < -0.4 is 5.11 Å². The third kappa shape index (κ3) is 3.01. The molecule has 25 heavy (non-hydrogen) atoms. The predicted octanol–water partition coefficient (Wildman–Crippen LogP) is 2.52. The van der Waals surface area contributed by atoms with Gasteiger partial charge in [-0.15, -0.1) is 10.2 Å². The minimum absolute atomic E-state index is 0.203. The minimum atomic E-state index is -1.15. The highest BCUT2D eigenvalue weighted by Crippen LogP contribution is 2.31. The lowest BCUT2D eigenvalue weighted by Crippen LogP contribution is -2.24. The van der Waals surface area contributed by atoms with E-state index in [1.54, 1.807) is 4.57 Å². The summed E-state index contributed by atoms with van der Waals surface area (Å²) in [5.74, 6) is -0.274. The Labute approximate surface area is 147 Å². The number of carboxylic acids is 1. The van der Waals surface area contributed by atoms with E-state index in [0.717, 1.165) is 28.4 Å². The highest BCUT2D eigenvalue weighted by atomic mass is 32.2. The molecule has 0 spiro atoms. The summed E-state index contributed by atoms with van der Waals surface area (Å²) in [5, 5.41) is 20.6. The lowest BCUT2D eigenvalue weighted by Gasteiger charge is -2.09. The van der Waals surface area contributed by atoms with Crippen LogP contribution in [0.3, 0.4) is 0 Å². The molecule has 0 unspecified atom stereocenters. The third-order valence-corrected chi connectivity index (χ3v) is 4.52. The van der Waals surface area contributed by atoms with Crippen molar-refractivity contribution in [2.45, 2.75) is 5.16 Å². The van der Waals surface area contributed by atoms with Gasteiger partial charge in [0.15, 0.2) is 10.9 Å². The molecule has 6 nitrogen and oxygen atoms in total. The molecule has 0 aliphatic heterocycles. The van der Waals surface area contributed by atoms with E-state index in [1.165, 1.54) is 0 Å². The van der Waals surface area contributed by atoms with Crippen molar-refractivity contribution >= 4 is 28.7 Å². The molecule has 0 N–H and O–H groups in total. The number of aliphatic carboxylic acids is 1. The number of furan rings is 1. The number of fused-ring (bicyclic) bond motifs is 1. The number of thioether (sulfide) groups is 1. The van der Waals surface area contributed by atoms with E-state index in [0.29, 0.717) is 16.7 Å². The second-order valence-electron chi connectivity index (χ2n) is 5.29. The number of carboxylic acid groups (broad SMARTS) is 1. The Morgan fingerprint density at radius 1 is 1.08 bits per heavy atom. The van der Waals surface area contributed by atoms with E-state index in [2.05, 4.69) is 10.2 Å². The molecule has 0 radical (unpaired) electrons. The van der Waals surface area contributed by atoms with Crippen molar-refractivity contribution in [3.8, 4) is 17.3 Å². The van der Waals surface area contributed by atoms with Crippen LogP contribution in [0.4, 0.5) is 0 Å². The Bertz CT molecular complexity index is 1010. The molecule has 7 heteroatoms. The lowest BCUT2D eigenvalue weighted by molar-refractivity contribution is -0.301. The van der Waals surface area contributed by atoms with Gasteiger partial charge < -0.3 is 14.3 Å². The van der Waals surface area contributed by atoms with Crippen molar-refractivity contribution in [1.29, 1.82) is 0 Å². The van der Waals surface area contributed by atoms with E-state index in [4.69, 9.17) is 4.42 Å². The molecule has 0 aliphatic carbocycles. The first-order valence-electron chi connectivity index (χ1n) is 7.55. The van der Waals surface area contributed by atoms with Crippen LogP contribution in [0.5, 0.6) is 0 Å². The molecule has 0 atom stereocenters. The molecule has 124 valence electrons. The van der Waals surface area contributed by atoms with Crippen molar-refractivity contribution in [3.05, 3.63) is 60.7 Å². The van der Waals surface area contributed by atoms with Crippen molar-refractivity contribution < 1.29 is 14.3 Å². The van der Waals surface area contributed by atoms with Gasteiger partial charge in [-0.3, -0.25) is 4.57 Å². The highest BCUT2D eigenvalue weighted by molar-refractivity contribution is 7.99. The topological polar surface area (TPSA) is 84.0 Å². The van der Waals surface area contributed by atoms with E-state index in [-0.39, 0.29) is 5.75 Å². The second kappa shape index (κ2) is 6.45. The van der Waals surface area contributed by atoms with Crippen molar-refractivity contribution in [2.24, 2.45) is 0 Å². The summed E-state index contributed by atoms with van der Waals surface area (Å²) < 4.78 is 7.68. The molecule has 0 aliphatic rings. The summed E-state index contributed by atoms with van der Waals surface area (Å²) in [4.78, 5) is 10.8. The second-order valence-corrected chi connectivity index (χ2v) is 6.23. The first-order chi connectivity index (χ1) is 12.2. The van der Waals surface area contributed by atoms with E-state index >= 15 is 0 Å². The molecule has 4 rings (SSSR count). The van der Waals surface area contributed by atoms with Gasteiger partial charge in [0, 0.05) is 16.8 Å². The number of para-hydroxylation sites is 2. The van der Waals surface area contributed by atoms with Crippen molar-refractivity contribution in [1.82, 2.24) is 14.8 Å². The molecular formula is C18H12N3O3S-. The van der Waals surface area contributed by atoms with Gasteiger partial charge in [-0.2, -0.15) is 0 Å². The number of benzene rings is 2. The summed E-state index contributed by atoms with van der Waals surface area (Å²) >= 11 is 1.06. The first kappa shape index (κ1) is 15.5. The average molecular weight is 350 g/mol. The Morgan fingerprint density at radius 2 is 1.84 bits per heavy atom. The smallest absolute Gasteiger partial charge is 0.205 e. The molecule has 4 aromatic rings. The standard InChI is InChI=1S/C18H13N3O3S/c22-16(23)11-25-18-20-19-17(21(18)13-7-2-1-3-8-13)15-10-12-6-4-5-9-14(12)24-15/h1-10H,11H2,(H,22,23)/p-1. The monoisotopic (exact) mass is 350 g/mol. The fourth-order valence-electron chi connectivity index (χ4n) is 2.55. The number of nitrogens with zero attached hydrogens (tertiary/aromatic N) is 3. The predicted molar refractivity (Wildman–Crippen MR) is 92.3 cm³/mol. The zero-order valence-electron chi connectivity index (χ0n) is 13.0. The maximum Gasteiger partial charge on any atom is 0.205 e. The number of aromatic nitrogens is 3. The number of rotatable bonds is 5. The molecule has 0 bridgehead atoms. The average Bonchev–Trinajstić information content (AvgIpc) is 3.24. The van der Waals surface area contributed by atoms with Gasteiger partial charge >= 0.3 is 0 Å². The molecule has 0 fully saturated rings. The van der Waals surface area contributed by atoms with E-state index in [9.17, 15) is 9.90 Å². The zero-order valence-corrected chi connectivity index (χ0v) is 13.8. The molecule has 0 saturated carbocycles. The Hall–Kier alpha value is -3.06. The van der Waals surface area contributed by atoms with Crippen LogP contribution in [-0.4, -0.2) is 26.5 Å². The third-order valence-electron chi connectivity index (χ3n) is 3.61. The van der Waals surface area contributed by atoms with E-state index < -0.39 is 5.97 Å². The zero-order chi connectivity index (χ0) is 17.2. The fourth-order valence-corrected chi connectivity index (χ4v) is 3.21. The molecule has 0 amide bonds. The maximum atomic E-state index is 10.8. The van der Waals surface area contributed by atoms with Gasteiger partial charge in [0.25, 0.3) is 0 Å². The first-order valence-corrected chi connectivity index (χ1v) is 8.53. The quantitative estimate of drug-likeness (QED) is 0.514. The number of carbonyl (C=O) groups excluding carboxylic acids is 1. The van der Waals surface area contributed by atoms with Gasteiger partial charge in [-0.05, 0) is 24.3 Å². The molecule has 0 saturated heterocycles. The molecule has 2 heterocycles. The van der Waals surface area contributed by atoms with Crippen LogP contribution in [0.25, 0.3) is 28.2 Å². The van der Waals surface area contributed by atoms with Gasteiger partial charge in [0.2, 0.25) is 5.82 Å². The van der Waals surface area contributed by atoms with Crippen molar-refractivity contribution in [3.63, 3.8) is 0 Å². The summed E-state index contributed by atoms with van der Waals surface area (Å²) in [7, 11) is 0. The van der Waals surface area contributed by atoms with Crippen LogP contribution in [-0.2, 0) is 4.79 Å². The van der Waals surface area contributed by atoms with Crippen LogP contribution in [0.2, 0.25) is 0 Å². The summed E-state index contributed by atoms with van der Waals surface area (Å²) in [5.41, 5.74) is 1.58. The Balaban J connectivity index is 1.85. The Kier molecular flexibility index (Phi) is 3.99. The summed E-state index contributed by atoms with van der Waals surface area (Å²) in [6, 6.07) is 19.1. The largest absolute Gasteiger partial charge is 0.549 e. The molecular weight excluding hydrogens is 338 g/mol. The van der Waals surface area contributed by atoms with Crippen molar-refractivity contribution in [2.75, 3.05) is 5.75 Å². The molecule has 2 aromatic heterocycles. The normalized spacial score (nSPS) is 11.0. The number of hydrogen-bond acceptors (Lipinski definition) is 6. The highest BCUT2D eigenvalue weighted by Gasteiger charge is 2.19. The van der Waals surface area contributed by atoms with Crippen LogP contribution in [0, 0.1) is 0 Å². The van der Waals surface area contributed by atoms with Crippen LogP contribution in [0.1, 0.15) is 0 Å². The minimum Gasteiger partial charge on any atom is -0.549 e. The summed E-state index contributed by atoms with van der Waals surface area (Å²) in [6.07, 6.45) is 0. The van der Waals surface area contributed by atoms with E-state index in [1.807, 2.05) is 60.7 Å². The maximum absolute atomic E-state index is 10.8. The lowest BCUT2D eigenvalue weighted by atomic mass is 10.2. The molecule has 2 aromatic carbocycles. The fraction of sp³-hybridized carbons (Fsp3) is 0.0556. The summed E-state index contributed by atoms with van der Waals surface area (Å²) in [6.45, 7) is 0. The van der Waals surface area contributed by atoms with Gasteiger partial charge in [-0.1, -0.05) is 48.2 Å². The number of hydrogen-bond donors (Lipinski definition) is 0. The number of carbonyl (C=O) groups is 1. The SMILES string of the molecule is O=C([O-])CSc1nnc(-c2cc3ccccc3o2)n1-c1ccccc1. The van der Waals surface area contributed by atoms with Gasteiger partial charge in [0.05, 0.1) is 5.97 Å².